The molecule has 1 aliphatic rings. The van der Waals surface area contributed by atoms with Crippen LogP contribution in [0.4, 0.5) is 10.5 Å². The van der Waals surface area contributed by atoms with Gasteiger partial charge >= 0.3 is 6.09 Å². The third-order valence-corrected chi connectivity index (χ3v) is 2.43. The predicted octanol–water partition coefficient (Wildman–Crippen LogP) is 2.31. The zero-order valence-corrected chi connectivity index (χ0v) is 10.1. The van der Waals surface area contributed by atoms with Gasteiger partial charge in [-0.25, -0.2) is 4.79 Å². The van der Waals surface area contributed by atoms with Crippen LogP contribution in [0, 0.1) is 12.3 Å². The van der Waals surface area contributed by atoms with Gasteiger partial charge in [0.15, 0.2) is 11.5 Å². The Hall–Kier alpha value is -2.35. The molecular weight excluding hydrogens is 234 g/mol. The van der Waals surface area contributed by atoms with Crippen LogP contribution in [0.15, 0.2) is 18.2 Å². The van der Waals surface area contributed by atoms with E-state index < -0.39 is 11.9 Å². The summed E-state index contributed by atoms with van der Waals surface area (Å²) in [6, 6.07) is 5.06. The molecule has 1 N–H and O–H groups in total. The van der Waals surface area contributed by atoms with E-state index in [1.54, 1.807) is 32.0 Å². The highest BCUT2D eigenvalue weighted by Crippen LogP contribution is 2.45. The van der Waals surface area contributed by atoms with Crippen LogP contribution < -0.4 is 14.4 Å². The first-order valence-electron chi connectivity index (χ1n) is 5.39. The maximum atomic E-state index is 11.2. The lowest BCUT2D eigenvalue weighted by Crippen LogP contribution is -2.32. The van der Waals surface area contributed by atoms with Gasteiger partial charge in [0.2, 0.25) is 5.79 Å². The highest BCUT2D eigenvalue weighted by Gasteiger charge is 2.35. The van der Waals surface area contributed by atoms with Crippen molar-refractivity contribution >= 4 is 11.8 Å². The summed E-state index contributed by atoms with van der Waals surface area (Å²) < 4.78 is 11.2. The first-order chi connectivity index (χ1) is 8.44. The normalized spacial score (nSPS) is 14.9. The monoisotopic (exact) mass is 247 g/mol. The lowest BCUT2D eigenvalue weighted by Gasteiger charge is -2.20. The van der Waals surface area contributed by atoms with Crippen LogP contribution in [-0.2, 0) is 0 Å². The van der Waals surface area contributed by atoms with E-state index in [-0.39, 0.29) is 6.54 Å². The molecule has 1 aromatic carbocycles. The topological polar surface area (TPSA) is 59.0 Å². The molecule has 0 unspecified atom stereocenters. The summed E-state index contributed by atoms with van der Waals surface area (Å²) >= 11 is 0. The maximum Gasteiger partial charge on any atom is 0.412 e. The van der Waals surface area contributed by atoms with Crippen LogP contribution in [0.5, 0.6) is 11.5 Å². The Labute approximate surface area is 105 Å². The molecule has 1 aliphatic heterocycles. The molecule has 1 amide bonds. The molecule has 0 bridgehead atoms. The Bertz CT molecular complexity index is 530. The van der Waals surface area contributed by atoms with E-state index in [0.29, 0.717) is 17.2 Å². The van der Waals surface area contributed by atoms with Crippen molar-refractivity contribution in [3.05, 3.63) is 18.2 Å². The molecule has 0 fully saturated rings. The minimum absolute atomic E-state index is 0.0461. The number of hydrogen-bond donors (Lipinski definition) is 1. The average Bonchev–Trinajstić information content (AvgIpc) is 2.59. The molecule has 0 saturated heterocycles. The third kappa shape index (κ3) is 2.05. The largest absolute Gasteiger partial charge is 0.465 e. The Morgan fingerprint density at radius 2 is 2.22 bits per heavy atom. The quantitative estimate of drug-likeness (QED) is 0.815. The first kappa shape index (κ1) is 12.1. The van der Waals surface area contributed by atoms with E-state index in [1.165, 1.54) is 0 Å². The fourth-order valence-corrected chi connectivity index (χ4v) is 1.78. The maximum absolute atomic E-state index is 11.2. The number of nitrogens with zero attached hydrogens (tertiary/aromatic N) is 1. The van der Waals surface area contributed by atoms with Gasteiger partial charge in [-0.15, -0.1) is 6.42 Å². The molecule has 0 spiro atoms. The molecule has 18 heavy (non-hydrogen) atoms. The van der Waals surface area contributed by atoms with Crippen molar-refractivity contribution in [1.29, 1.82) is 0 Å². The second kappa shape index (κ2) is 4.15. The number of hydrogen-bond acceptors (Lipinski definition) is 3. The van der Waals surface area contributed by atoms with Crippen molar-refractivity contribution in [3.8, 4) is 23.8 Å². The van der Waals surface area contributed by atoms with E-state index in [0.717, 1.165) is 4.90 Å². The van der Waals surface area contributed by atoms with Crippen LogP contribution in [0.1, 0.15) is 13.8 Å². The minimum Gasteiger partial charge on any atom is -0.465 e. The van der Waals surface area contributed by atoms with Crippen LogP contribution in [0.2, 0.25) is 0 Å². The number of terminal acetylenes is 1. The second-order valence-corrected chi connectivity index (χ2v) is 4.28. The average molecular weight is 247 g/mol. The molecule has 94 valence electrons. The molecule has 0 saturated carbocycles. The van der Waals surface area contributed by atoms with E-state index in [1.807, 2.05) is 0 Å². The van der Waals surface area contributed by atoms with Gasteiger partial charge in [-0.1, -0.05) is 12.0 Å². The number of benzene rings is 1. The molecule has 1 aromatic rings. The summed E-state index contributed by atoms with van der Waals surface area (Å²) in [4.78, 5) is 12.2. The van der Waals surface area contributed by atoms with Gasteiger partial charge < -0.3 is 14.6 Å². The van der Waals surface area contributed by atoms with E-state index in [4.69, 9.17) is 21.0 Å². The van der Waals surface area contributed by atoms with Gasteiger partial charge in [-0.3, -0.25) is 4.90 Å². The molecule has 5 nitrogen and oxygen atoms in total. The summed E-state index contributed by atoms with van der Waals surface area (Å²) in [5.74, 6) is 2.42. The molecule has 0 atom stereocenters. The van der Waals surface area contributed by atoms with Crippen molar-refractivity contribution in [2.24, 2.45) is 0 Å². The smallest absolute Gasteiger partial charge is 0.412 e. The van der Waals surface area contributed by atoms with E-state index in [2.05, 4.69) is 5.92 Å². The van der Waals surface area contributed by atoms with Crippen molar-refractivity contribution in [1.82, 2.24) is 0 Å². The summed E-state index contributed by atoms with van der Waals surface area (Å²) in [7, 11) is 0. The minimum atomic E-state index is -1.13. The van der Waals surface area contributed by atoms with Crippen molar-refractivity contribution < 1.29 is 19.4 Å². The van der Waals surface area contributed by atoms with Crippen LogP contribution in [-0.4, -0.2) is 23.5 Å². The van der Waals surface area contributed by atoms with E-state index >= 15 is 0 Å². The van der Waals surface area contributed by atoms with Gasteiger partial charge in [0.05, 0.1) is 12.2 Å². The number of ether oxygens (including phenoxy) is 2. The highest BCUT2D eigenvalue weighted by molar-refractivity contribution is 5.89. The predicted molar refractivity (Wildman–Crippen MR) is 66.0 cm³/mol. The van der Waals surface area contributed by atoms with Gasteiger partial charge in [0.25, 0.3) is 0 Å². The molecule has 5 heteroatoms. The number of anilines is 1. The highest BCUT2D eigenvalue weighted by atomic mass is 16.7. The SMILES string of the molecule is C#CCN(C(=O)O)c1cccc2c1OC(C)(C)O2. The first-order valence-corrected chi connectivity index (χ1v) is 5.39. The number of carbonyl (C=O) groups is 1. The summed E-state index contributed by atoms with van der Waals surface area (Å²) in [6.07, 6.45) is 4.05. The van der Waals surface area contributed by atoms with Crippen LogP contribution in [0.25, 0.3) is 0 Å². The molecule has 1 heterocycles. The Morgan fingerprint density at radius 3 is 2.83 bits per heavy atom. The molecule has 0 aromatic heterocycles. The van der Waals surface area contributed by atoms with Crippen LogP contribution >= 0.6 is 0 Å². The third-order valence-electron chi connectivity index (χ3n) is 2.43. The standard InChI is InChI=1S/C13H13NO4/c1-4-8-14(12(15)16)9-6-5-7-10-11(9)18-13(2,3)17-10/h1,5-7H,8H2,2-3H3,(H,15,16). The lowest BCUT2D eigenvalue weighted by atomic mass is 10.2. The fourth-order valence-electron chi connectivity index (χ4n) is 1.78. The van der Waals surface area contributed by atoms with Crippen molar-refractivity contribution in [3.63, 3.8) is 0 Å². The number of carboxylic acid groups (broad SMARTS) is 1. The zero-order chi connectivity index (χ0) is 13.3. The van der Waals surface area contributed by atoms with Gasteiger partial charge in [0, 0.05) is 13.8 Å². The van der Waals surface area contributed by atoms with Gasteiger partial charge in [-0.2, -0.15) is 0 Å². The number of rotatable bonds is 2. The van der Waals surface area contributed by atoms with Crippen molar-refractivity contribution in [2.45, 2.75) is 19.6 Å². The zero-order valence-electron chi connectivity index (χ0n) is 10.1. The van der Waals surface area contributed by atoms with Crippen molar-refractivity contribution in [2.75, 3.05) is 11.4 Å². The molecule has 0 aliphatic carbocycles. The number of amides is 1. The number of fused-ring (bicyclic) bond motifs is 1. The van der Waals surface area contributed by atoms with Gasteiger partial charge in [-0.05, 0) is 12.1 Å². The molecule has 0 radical (unpaired) electrons. The summed E-state index contributed by atoms with van der Waals surface area (Å²) in [5, 5.41) is 9.15. The second-order valence-electron chi connectivity index (χ2n) is 4.28. The van der Waals surface area contributed by atoms with Crippen LogP contribution in [0.3, 0.4) is 0 Å². The number of para-hydroxylation sites is 1. The summed E-state index contributed by atoms with van der Waals surface area (Å²) in [5.41, 5.74) is 0.392. The Balaban J connectivity index is 2.45. The van der Waals surface area contributed by atoms with E-state index in [9.17, 15) is 4.79 Å². The molecular formula is C13H13NO4. The van der Waals surface area contributed by atoms with Gasteiger partial charge in [0.1, 0.15) is 0 Å². The Morgan fingerprint density at radius 1 is 1.50 bits per heavy atom. The summed E-state index contributed by atoms with van der Waals surface area (Å²) in [6.45, 7) is 3.46. The fraction of sp³-hybridized carbons (Fsp3) is 0.308. The molecule has 2 rings (SSSR count). The lowest BCUT2D eigenvalue weighted by molar-refractivity contribution is -0.0429. The Kier molecular flexibility index (Phi) is 2.79.